The lowest BCUT2D eigenvalue weighted by Crippen LogP contribution is -2.50. The summed E-state index contributed by atoms with van der Waals surface area (Å²) in [6.45, 7) is 7.18. The Hall–Kier alpha value is -0.160. The van der Waals surface area contributed by atoms with E-state index >= 15 is 0 Å². The van der Waals surface area contributed by atoms with Crippen molar-refractivity contribution in [2.45, 2.75) is 18.9 Å². The molecule has 2 aliphatic rings. The molecule has 0 radical (unpaired) electrons. The SMILES string of the molecule is COCC1CCCN(CC2COCCN2)C1. The molecule has 0 aliphatic carbocycles. The third-order valence-corrected chi connectivity index (χ3v) is 3.48. The molecule has 1 N–H and O–H groups in total. The van der Waals surface area contributed by atoms with Crippen LogP contribution in [0.5, 0.6) is 0 Å². The Balaban J connectivity index is 1.71. The van der Waals surface area contributed by atoms with E-state index in [0.717, 1.165) is 38.8 Å². The lowest BCUT2D eigenvalue weighted by Gasteiger charge is -2.36. The summed E-state index contributed by atoms with van der Waals surface area (Å²) in [7, 11) is 1.80. The first-order valence-electron chi connectivity index (χ1n) is 6.41. The number of rotatable bonds is 4. The van der Waals surface area contributed by atoms with Crippen LogP contribution in [0.3, 0.4) is 0 Å². The van der Waals surface area contributed by atoms with Crippen molar-refractivity contribution in [1.82, 2.24) is 10.2 Å². The molecular formula is C12H24N2O2. The highest BCUT2D eigenvalue weighted by molar-refractivity contribution is 4.79. The predicted molar refractivity (Wildman–Crippen MR) is 63.6 cm³/mol. The molecule has 2 unspecified atom stereocenters. The first-order chi connectivity index (χ1) is 7.88. The van der Waals surface area contributed by atoms with Crippen molar-refractivity contribution >= 4 is 0 Å². The van der Waals surface area contributed by atoms with Gasteiger partial charge < -0.3 is 19.7 Å². The maximum atomic E-state index is 5.48. The predicted octanol–water partition coefficient (Wildman–Crippen LogP) is 0.333. The molecule has 2 rings (SSSR count). The van der Waals surface area contributed by atoms with Gasteiger partial charge in [-0.1, -0.05) is 0 Å². The maximum absolute atomic E-state index is 5.48. The first kappa shape index (κ1) is 12.3. The number of hydrogen-bond acceptors (Lipinski definition) is 4. The Labute approximate surface area is 98.3 Å². The lowest BCUT2D eigenvalue weighted by molar-refractivity contribution is 0.0440. The van der Waals surface area contributed by atoms with Crippen molar-refractivity contribution in [1.29, 1.82) is 0 Å². The average Bonchev–Trinajstić information content (AvgIpc) is 2.31. The smallest absolute Gasteiger partial charge is 0.0632 e. The van der Waals surface area contributed by atoms with Crippen LogP contribution in [-0.2, 0) is 9.47 Å². The number of nitrogens with zero attached hydrogens (tertiary/aromatic N) is 1. The van der Waals surface area contributed by atoms with Crippen LogP contribution in [0.1, 0.15) is 12.8 Å². The van der Waals surface area contributed by atoms with E-state index in [2.05, 4.69) is 10.2 Å². The van der Waals surface area contributed by atoms with Crippen molar-refractivity contribution in [3.05, 3.63) is 0 Å². The Morgan fingerprint density at radius 1 is 1.50 bits per heavy atom. The van der Waals surface area contributed by atoms with Gasteiger partial charge in [0.2, 0.25) is 0 Å². The summed E-state index contributed by atoms with van der Waals surface area (Å²) in [4.78, 5) is 2.56. The highest BCUT2D eigenvalue weighted by Crippen LogP contribution is 2.16. The molecule has 0 amide bonds. The molecule has 2 atom stereocenters. The van der Waals surface area contributed by atoms with Crippen LogP contribution >= 0.6 is 0 Å². The molecule has 0 aromatic carbocycles. The van der Waals surface area contributed by atoms with E-state index in [9.17, 15) is 0 Å². The molecule has 94 valence electrons. The minimum Gasteiger partial charge on any atom is -0.384 e. The molecule has 2 aliphatic heterocycles. The van der Waals surface area contributed by atoms with Gasteiger partial charge in [0.15, 0.2) is 0 Å². The van der Waals surface area contributed by atoms with E-state index in [0.29, 0.717) is 6.04 Å². The summed E-state index contributed by atoms with van der Waals surface area (Å²) >= 11 is 0. The minimum absolute atomic E-state index is 0.523. The Morgan fingerprint density at radius 2 is 2.44 bits per heavy atom. The monoisotopic (exact) mass is 228 g/mol. The zero-order chi connectivity index (χ0) is 11.2. The van der Waals surface area contributed by atoms with Gasteiger partial charge in [-0.15, -0.1) is 0 Å². The van der Waals surface area contributed by atoms with E-state index in [1.807, 2.05) is 0 Å². The number of ether oxygens (including phenoxy) is 2. The van der Waals surface area contributed by atoms with Crippen molar-refractivity contribution < 1.29 is 9.47 Å². The molecule has 2 saturated heterocycles. The van der Waals surface area contributed by atoms with Gasteiger partial charge in [0.05, 0.1) is 19.8 Å². The van der Waals surface area contributed by atoms with Crippen LogP contribution in [-0.4, -0.2) is 64.1 Å². The largest absolute Gasteiger partial charge is 0.384 e. The molecule has 0 saturated carbocycles. The van der Waals surface area contributed by atoms with E-state index < -0.39 is 0 Å². The number of likely N-dealkylation sites (tertiary alicyclic amines) is 1. The third-order valence-electron chi connectivity index (χ3n) is 3.48. The molecular weight excluding hydrogens is 204 g/mol. The summed E-state index contributed by atoms with van der Waals surface area (Å²) in [5.41, 5.74) is 0. The van der Waals surface area contributed by atoms with E-state index in [4.69, 9.17) is 9.47 Å². The summed E-state index contributed by atoms with van der Waals surface area (Å²) in [6, 6.07) is 0.523. The van der Waals surface area contributed by atoms with Crippen LogP contribution in [0.15, 0.2) is 0 Å². The summed E-state index contributed by atoms with van der Waals surface area (Å²) in [6.07, 6.45) is 2.63. The summed E-state index contributed by atoms with van der Waals surface area (Å²) in [5.74, 6) is 0.725. The molecule has 0 aromatic rings. The molecule has 2 heterocycles. The van der Waals surface area contributed by atoms with Gasteiger partial charge in [-0.05, 0) is 25.3 Å². The second-order valence-electron chi connectivity index (χ2n) is 4.95. The fourth-order valence-corrected chi connectivity index (χ4v) is 2.74. The first-order valence-corrected chi connectivity index (χ1v) is 6.41. The number of nitrogens with one attached hydrogen (secondary N) is 1. The van der Waals surface area contributed by atoms with Crippen molar-refractivity contribution in [2.24, 2.45) is 5.92 Å². The molecule has 4 heteroatoms. The summed E-state index contributed by atoms with van der Waals surface area (Å²) in [5, 5.41) is 3.52. The second kappa shape index (κ2) is 6.55. The second-order valence-corrected chi connectivity index (χ2v) is 4.95. The van der Waals surface area contributed by atoms with Crippen molar-refractivity contribution in [3.63, 3.8) is 0 Å². The summed E-state index contributed by atoms with van der Waals surface area (Å²) < 4.78 is 10.7. The van der Waals surface area contributed by atoms with Gasteiger partial charge in [0.1, 0.15) is 0 Å². The molecule has 2 fully saturated rings. The zero-order valence-electron chi connectivity index (χ0n) is 10.3. The standard InChI is InChI=1S/C12H24N2O2/c1-15-9-11-3-2-5-14(7-11)8-12-10-16-6-4-13-12/h11-13H,2-10H2,1H3. The lowest BCUT2D eigenvalue weighted by atomic mass is 9.98. The van der Waals surface area contributed by atoms with E-state index in [1.165, 1.54) is 25.9 Å². The van der Waals surface area contributed by atoms with Crippen molar-refractivity contribution in [3.8, 4) is 0 Å². The quantitative estimate of drug-likeness (QED) is 0.752. The Bertz CT molecular complexity index is 193. The highest BCUT2D eigenvalue weighted by atomic mass is 16.5. The fourth-order valence-electron chi connectivity index (χ4n) is 2.74. The molecule has 0 aromatic heterocycles. The number of piperidine rings is 1. The van der Waals surface area contributed by atoms with Crippen molar-refractivity contribution in [2.75, 3.05) is 53.1 Å². The molecule has 4 nitrogen and oxygen atoms in total. The van der Waals surface area contributed by atoms with Gasteiger partial charge in [0.25, 0.3) is 0 Å². The number of hydrogen-bond donors (Lipinski definition) is 1. The van der Waals surface area contributed by atoms with Crippen LogP contribution in [0.25, 0.3) is 0 Å². The van der Waals surface area contributed by atoms with Crippen LogP contribution < -0.4 is 5.32 Å². The Kier molecular flexibility index (Phi) is 5.03. The van der Waals surface area contributed by atoms with Gasteiger partial charge >= 0.3 is 0 Å². The molecule has 0 bridgehead atoms. The van der Waals surface area contributed by atoms with Gasteiger partial charge in [-0.25, -0.2) is 0 Å². The number of morpholine rings is 1. The maximum Gasteiger partial charge on any atom is 0.0632 e. The van der Waals surface area contributed by atoms with E-state index in [1.54, 1.807) is 7.11 Å². The normalized spacial score (nSPS) is 32.8. The van der Waals surface area contributed by atoms with E-state index in [-0.39, 0.29) is 0 Å². The zero-order valence-corrected chi connectivity index (χ0v) is 10.3. The van der Waals surface area contributed by atoms with Crippen LogP contribution in [0.4, 0.5) is 0 Å². The number of methoxy groups -OCH3 is 1. The third kappa shape index (κ3) is 3.70. The van der Waals surface area contributed by atoms with Gasteiger partial charge in [0, 0.05) is 32.8 Å². The topological polar surface area (TPSA) is 33.7 Å². The van der Waals surface area contributed by atoms with Gasteiger partial charge in [-0.2, -0.15) is 0 Å². The highest BCUT2D eigenvalue weighted by Gasteiger charge is 2.23. The Morgan fingerprint density at radius 3 is 3.19 bits per heavy atom. The minimum atomic E-state index is 0.523. The molecule has 0 spiro atoms. The van der Waals surface area contributed by atoms with Gasteiger partial charge in [-0.3, -0.25) is 0 Å². The van der Waals surface area contributed by atoms with Crippen LogP contribution in [0, 0.1) is 5.92 Å². The van der Waals surface area contributed by atoms with Crippen LogP contribution in [0.2, 0.25) is 0 Å². The fraction of sp³-hybridized carbons (Fsp3) is 1.00. The average molecular weight is 228 g/mol. The molecule has 16 heavy (non-hydrogen) atoms.